The molecule has 168 valence electrons. The molecular formula is C18H12ClF4N5O4. The Bertz CT molecular complexity index is 1140. The van der Waals surface area contributed by atoms with Gasteiger partial charge in [0.25, 0.3) is 18.5 Å². The van der Waals surface area contributed by atoms with Crippen LogP contribution in [0.3, 0.4) is 0 Å². The lowest BCUT2D eigenvalue weighted by Crippen LogP contribution is -2.21. The molecule has 0 aliphatic rings. The number of anilines is 1. The Morgan fingerprint density at radius 1 is 1.22 bits per heavy atom. The molecule has 1 amide bonds. The number of pyridine rings is 1. The number of carbonyl (C=O) groups excluding carboxylic acids is 1. The number of nitrogens with zero attached hydrogens (tertiary/aromatic N) is 4. The molecular weight excluding hydrogens is 462 g/mol. The summed E-state index contributed by atoms with van der Waals surface area (Å²) in [4.78, 5) is 26.6. The first-order valence-electron chi connectivity index (χ1n) is 8.65. The van der Waals surface area contributed by atoms with Gasteiger partial charge >= 0.3 is 0 Å². The average molecular weight is 474 g/mol. The predicted octanol–water partition coefficient (Wildman–Crippen LogP) is 5.15. The lowest BCUT2D eigenvalue weighted by Gasteiger charge is -2.10. The minimum absolute atomic E-state index is 0.0158. The van der Waals surface area contributed by atoms with Gasteiger partial charge in [0.15, 0.2) is 0 Å². The first-order chi connectivity index (χ1) is 15.2. The Morgan fingerprint density at radius 2 is 1.97 bits per heavy atom. The molecule has 0 saturated carbocycles. The summed E-state index contributed by atoms with van der Waals surface area (Å²) in [5.41, 5.74) is -2.67. The Kier molecular flexibility index (Phi) is 6.88. The lowest BCUT2D eigenvalue weighted by atomic mass is 10.2. The fourth-order valence-corrected chi connectivity index (χ4v) is 2.94. The van der Waals surface area contributed by atoms with Crippen molar-refractivity contribution in [1.82, 2.24) is 14.8 Å². The van der Waals surface area contributed by atoms with Gasteiger partial charge < -0.3 is 10.1 Å². The first-order valence-corrected chi connectivity index (χ1v) is 9.03. The predicted molar refractivity (Wildman–Crippen MR) is 103 cm³/mol. The summed E-state index contributed by atoms with van der Waals surface area (Å²) in [6.07, 6.45) is -3.66. The van der Waals surface area contributed by atoms with Gasteiger partial charge in [0.1, 0.15) is 29.4 Å². The summed E-state index contributed by atoms with van der Waals surface area (Å²) in [5.74, 6) is -0.727. The van der Waals surface area contributed by atoms with Crippen molar-refractivity contribution in [1.29, 1.82) is 0 Å². The Hall–Kier alpha value is -3.74. The number of nitro benzene ring substituents is 1. The second-order valence-corrected chi connectivity index (χ2v) is 6.53. The third kappa shape index (κ3) is 5.29. The van der Waals surface area contributed by atoms with Crippen LogP contribution in [-0.2, 0) is 11.3 Å². The number of rotatable bonds is 8. The van der Waals surface area contributed by atoms with E-state index in [2.05, 4.69) is 15.4 Å². The Labute approximate surface area is 181 Å². The van der Waals surface area contributed by atoms with Gasteiger partial charge in [0.05, 0.1) is 27.9 Å². The number of hydrogen-bond acceptors (Lipinski definition) is 6. The summed E-state index contributed by atoms with van der Waals surface area (Å²) < 4.78 is 58.1. The van der Waals surface area contributed by atoms with E-state index in [-0.39, 0.29) is 17.2 Å². The number of non-ortho nitro benzene ring substituents is 1. The molecule has 0 fully saturated rings. The molecule has 32 heavy (non-hydrogen) atoms. The number of halogens is 5. The van der Waals surface area contributed by atoms with Crippen molar-refractivity contribution in [2.24, 2.45) is 0 Å². The maximum absolute atomic E-state index is 13.2. The van der Waals surface area contributed by atoms with E-state index in [1.165, 1.54) is 24.5 Å². The molecule has 0 spiro atoms. The monoisotopic (exact) mass is 473 g/mol. The number of ether oxygens (including phenoxy) is 1. The fraction of sp³-hybridized carbons (Fsp3) is 0.167. The number of hydrogen-bond donors (Lipinski definition) is 1. The topological polar surface area (TPSA) is 112 Å². The number of nitrogens with one attached hydrogen (secondary N) is 1. The average Bonchev–Trinajstić information content (AvgIpc) is 3.04. The molecule has 0 radical (unpaired) electrons. The van der Waals surface area contributed by atoms with Crippen LogP contribution in [-0.4, -0.2) is 25.6 Å². The molecule has 0 unspecified atom stereocenters. The summed E-state index contributed by atoms with van der Waals surface area (Å²) in [6, 6.07) is 6.45. The quantitative estimate of drug-likeness (QED) is 0.275. The van der Waals surface area contributed by atoms with E-state index in [0.717, 1.165) is 12.1 Å². The van der Waals surface area contributed by atoms with Gasteiger partial charge in [-0.1, -0.05) is 11.6 Å². The number of alkyl halides is 4. The smallest absolute Gasteiger partial charge is 0.283 e. The summed E-state index contributed by atoms with van der Waals surface area (Å²) in [7, 11) is 0. The van der Waals surface area contributed by atoms with E-state index in [1.54, 1.807) is 6.07 Å². The largest absolute Gasteiger partial charge is 0.455 e. The Morgan fingerprint density at radius 3 is 2.56 bits per heavy atom. The number of aromatic nitrogens is 3. The summed E-state index contributed by atoms with van der Waals surface area (Å²) in [6.45, 7) is -0.895. The molecule has 0 aliphatic carbocycles. The standard InChI is InChI=1S/C18H12ClF4N5O4/c19-14-15(17(20)21)26-27(16(14)18(22)23)8-13(29)25-9-4-10(28(30)31)6-12(5-9)32-11-2-1-3-24-7-11/h1-7,17-18H,8H2,(H,25,29). The second-order valence-electron chi connectivity index (χ2n) is 6.16. The highest BCUT2D eigenvalue weighted by molar-refractivity contribution is 6.32. The van der Waals surface area contributed by atoms with Gasteiger partial charge in [-0.15, -0.1) is 0 Å². The second kappa shape index (κ2) is 9.60. The van der Waals surface area contributed by atoms with Gasteiger partial charge in [-0.25, -0.2) is 17.6 Å². The normalized spacial score (nSPS) is 11.1. The van der Waals surface area contributed by atoms with Gasteiger partial charge in [-0.3, -0.25) is 24.6 Å². The van der Waals surface area contributed by atoms with Crippen LogP contribution in [0.5, 0.6) is 11.5 Å². The van der Waals surface area contributed by atoms with Crippen LogP contribution in [0.2, 0.25) is 5.02 Å². The van der Waals surface area contributed by atoms with Crippen molar-refractivity contribution >= 4 is 28.9 Å². The number of benzene rings is 1. The number of carbonyl (C=O) groups is 1. The minimum Gasteiger partial charge on any atom is -0.455 e. The highest BCUT2D eigenvalue weighted by Gasteiger charge is 2.28. The minimum atomic E-state index is -3.27. The van der Waals surface area contributed by atoms with E-state index >= 15 is 0 Å². The van der Waals surface area contributed by atoms with Crippen molar-refractivity contribution in [3.63, 3.8) is 0 Å². The maximum atomic E-state index is 13.2. The fourth-order valence-electron chi connectivity index (χ4n) is 2.64. The van der Waals surface area contributed by atoms with Crippen LogP contribution in [0.4, 0.5) is 28.9 Å². The molecule has 0 saturated heterocycles. The zero-order valence-electron chi connectivity index (χ0n) is 15.7. The van der Waals surface area contributed by atoms with Crippen LogP contribution < -0.4 is 10.1 Å². The first kappa shape index (κ1) is 22.9. The highest BCUT2D eigenvalue weighted by atomic mass is 35.5. The molecule has 3 rings (SSSR count). The molecule has 9 nitrogen and oxygen atoms in total. The van der Waals surface area contributed by atoms with Crippen LogP contribution in [0.25, 0.3) is 0 Å². The zero-order chi connectivity index (χ0) is 23.4. The molecule has 3 aromatic rings. The highest BCUT2D eigenvalue weighted by Crippen LogP contribution is 2.35. The molecule has 14 heteroatoms. The van der Waals surface area contributed by atoms with E-state index in [1.807, 2.05) is 0 Å². The van der Waals surface area contributed by atoms with E-state index < -0.39 is 52.3 Å². The zero-order valence-corrected chi connectivity index (χ0v) is 16.5. The summed E-state index contributed by atoms with van der Waals surface area (Å²) >= 11 is 5.54. The van der Waals surface area contributed by atoms with Crippen molar-refractivity contribution in [2.45, 2.75) is 19.4 Å². The van der Waals surface area contributed by atoms with Crippen LogP contribution in [0.15, 0.2) is 42.7 Å². The van der Waals surface area contributed by atoms with Crippen molar-refractivity contribution in [2.75, 3.05) is 5.32 Å². The molecule has 0 aliphatic heterocycles. The van der Waals surface area contributed by atoms with Gasteiger partial charge in [-0.05, 0) is 12.1 Å². The van der Waals surface area contributed by atoms with Crippen molar-refractivity contribution < 1.29 is 32.0 Å². The third-order valence-electron chi connectivity index (χ3n) is 3.92. The van der Waals surface area contributed by atoms with Gasteiger partial charge in [0.2, 0.25) is 5.91 Å². The molecule has 1 aromatic carbocycles. The van der Waals surface area contributed by atoms with Crippen LogP contribution in [0.1, 0.15) is 24.2 Å². The van der Waals surface area contributed by atoms with Gasteiger partial charge in [-0.2, -0.15) is 5.10 Å². The SMILES string of the molecule is O=C(Cn1nc(C(F)F)c(Cl)c1C(F)F)Nc1cc(Oc2cccnc2)cc([N+](=O)[O-])c1. The lowest BCUT2D eigenvalue weighted by molar-refractivity contribution is -0.384. The number of nitro groups is 1. The number of amides is 1. The summed E-state index contributed by atoms with van der Waals surface area (Å²) in [5, 5.41) is 15.8. The molecule has 1 N–H and O–H groups in total. The van der Waals surface area contributed by atoms with Crippen molar-refractivity contribution in [3.05, 3.63) is 69.3 Å². The Balaban J connectivity index is 1.85. The van der Waals surface area contributed by atoms with Crippen LogP contribution in [0, 0.1) is 10.1 Å². The third-order valence-corrected chi connectivity index (χ3v) is 4.31. The molecule has 0 atom stereocenters. The molecule has 2 heterocycles. The van der Waals surface area contributed by atoms with Gasteiger partial charge in [0, 0.05) is 18.3 Å². The molecule has 2 aromatic heterocycles. The van der Waals surface area contributed by atoms with E-state index in [0.29, 0.717) is 4.68 Å². The maximum Gasteiger partial charge on any atom is 0.283 e. The van der Waals surface area contributed by atoms with E-state index in [4.69, 9.17) is 16.3 Å². The molecule has 0 bridgehead atoms. The van der Waals surface area contributed by atoms with E-state index in [9.17, 15) is 32.5 Å². The van der Waals surface area contributed by atoms with Crippen LogP contribution >= 0.6 is 11.6 Å². The van der Waals surface area contributed by atoms with Crippen molar-refractivity contribution in [3.8, 4) is 11.5 Å².